The quantitative estimate of drug-likeness (QED) is 0.385. The highest BCUT2D eigenvalue weighted by atomic mass is 35.5. The van der Waals surface area contributed by atoms with E-state index < -0.39 is 20.6 Å². The molecule has 96 valence electrons. The van der Waals surface area contributed by atoms with E-state index in [1.54, 1.807) is 0 Å². The van der Waals surface area contributed by atoms with Gasteiger partial charge in [-0.2, -0.15) is 0 Å². The highest BCUT2D eigenvalue weighted by Crippen LogP contribution is 2.26. The number of benzene rings is 1. The molecule has 0 radical (unpaired) electrons. The van der Waals surface area contributed by atoms with Crippen LogP contribution < -0.4 is 4.72 Å². The summed E-state index contributed by atoms with van der Waals surface area (Å²) in [6, 6.07) is 3.25. The van der Waals surface area contributed by atoms with Crippen molar-refractivity contribution in [1.29, 1.82) is 0 Å². The predicted octanol–water partition coefficient (Wildman–Crippen LogP) is 1.55. The van der Waals surface area contributed by atoms with Crippen LogP contribution in [0.5, 0.6) is 0 Å². The summed E-state index contributed by atoms with van der Waals surface area (Å²) < 4.78 is 25.7. The topological polar surface area (TPSA) is 89.3 Å². The zero-order valence-electron chi connectivity index (χ0n) is 9.09. The van der Waals surface area contributed by atoms with Crippen molar-refractivity contribution in [1.82, 2.24) is 4.72 Å². The molecule has 0 aromatic heterocycles. The molecular formula is C10H9ClN2O4S. The maximum absolute atomic E-state index is 11.7. The van der Waals surface area contributed by atoms with Gasteiger partial charge in [-0.05, 0) is 12.1 Å². The molecule has 0 unspecified atom stereocenters. The molecular weight excluding hydrogens is 280 g/mol. The van der Waals surface area contributed by atoms with Crippen LogP contribution in [0.15, 0.2) is 23.1 Å². The molecule has 1 aromatic rings. The molecule has 0 spiro atoms. The molecule has 0 aliphatic heterocycles. The van der Waals surface area contributed by atoms with Crippen LogP contribution in [0.1, 0.15) is 6.42 Å². The number of halogens is 1. The number of nitro benzene ring substituents is 1. The molecule has 0 heterocycles. The second kappa shape index (κ2) is 5.82. The van der Waals surface area contributed by atoms with Gasteiger partial charge in [-0.25, -0.2) is 13.1 Å². The van der Waals surface area contributed by atoms with Gasteiger partial charge in [-0.3, -0.25) is 10.1 Å². The Kier molecular flexibility index (Phi) is 4.67. The number of hydrogen-bond acceptors (Lipinski definition) is 4. The summed E-state index contributed by atoms with van der Waals surface area (Å²) in [4.78, 5) is 9.67. The minimum Gasteiger partial charge on any atom is -0.258 e. The van der Waals surface area contributed by atoms with Crippen molar-refractivity contribution < 1.29 is 13.3 Å². The largest absolute Gasteiger partial charge is 0.289 e. The molecule has 0 aliphatic carbocycles. The number of nitro groups is 1. The Morgan fingerprint density at radius 2 is 2.17 bits per heavy atom. The Labute approximate surface area is 109 Å². The standard InChI is InChI=1S/C10H9ClN2O4S/c1-2-3-6-12-18(16,17)8-4-5-9(11)10(7-8)13(14)15/h1,4-5,7,12H,3,6H2. The molecule has 0 bridgehead atoms. The third-order valence-corrected chi connectivity index (χ3v) is 3.76. The van der Waals surface area contributed by atoms with E-state index in [1.165, 1.54) is 6.07 Å². The zero-order chi connectivity index (χ0) is 13.8. The fraction of sp³-hybridized carbons (Fsp3) is 0.200. The van der Waals surface area contributed by atoms with Gasteiger partial charge in [0.25, 0.3) is 5.69 Å². The van der Waals surface area contributed by atoms with Crippen LogP contribution in [-0.4, -0.2) is 19.9 Å². The third-order valence-electron chi connectivity index (χ3n) is 1.99. The van der Waals surface area contributed by atoms with Gasteiger partial charge in [-0.15, -0.1) is 12.3 Å². The molecule has 6 nitrogen and oxygen atoms in total. The Hall–Kier alpha value is -1.62. The lowest BCUT2D eigenvalue weighted by molar-refractivity contribution is -0.384. The molecule has 1 N–H and O–H groups in total. The number of rotatable bonds is 5. The SMILES string of the molecule is C#CCCNS(=O)(=O)c1ccc(Cl)c([N+](=O)[O-])c1. The summed E-state index contributed by atoms with van der Waals surface area (Å²) in [7, 11) is -3.81. The Morgan fingerprint density at radius 3 is 2.72 bits per heavy atom. The van der Waals surface area contributed by atoms with Gasteiger partial charge in [0, 0.05) is 19.0 Å². The lowest BCUT2D eigenvalue weighted by Crippen LogP contribution is -2.24. The summed E-state index contributed by atoms with van der Waals surface area (Å²) >= 11 is 5.58. The van der Waals surface area contributed by atoms with Crippen LogP contribution in [0.25, 0.3) is 0 Å². The van der Waals surface area contributed by atoms with Gasteiger partial charge in [0.1, 0.15) is 5.02 Å². The van der Waals surface area contributed by atoms with Crippen LogP contribution in [0.4, 0.5) is 5.69 Å². The van der Waals surface area contributed by atoms with Crippen molar-refractivity contribution in [2.75, 3.05) is 6.54 Å². The maximum Gasteiger partial charge on any atom is 0.289 e. The van der Waals surface area contributed by atoms with Crippen molar-refractivity contribution in [3.63, 3.8) is 0 Å². The van der Waals surface area contributed by atoms with Crippen molar-refractivity contribution in [3.8, 4) is 12.3 Å². The molecule has 0 atom stereocenters. The Bertz CT molecular complexity index is 607. The first-order valence-corrected chi connectivity index (χ1v) is 6.61. The highest BCUT2D eigenvalue weighted by molar-refractivity contribution is 7.89. The van der Waals surface area contributed by atoms with Gasteiger partial charge in [-0.1, -0.05) is 11.6 Å². The van der Waals surface area contributed by atoms with Gasteiger partial charge in [0.2, 0.25) is 10.0 Å². The van der Waals surface area contributed by atoms with E-state index in [0.717, 1.165) is 12.1 Å². The monoisotopic (exact) mass is 288 g/mol. The van der Waals surface area contributed by atoms with Crippen molar-refractivity contribution in [3.05, 3.63) is 33.3 Å². The van der Waals surface area contributed by atoms with E-state index in [1.807, 2.05) is 0 Å². The van der Waals surface area contributed by atoms with Crippen LogP contribution in [0.2, 0.25) is 5.02 Å². The molecule has 1 aromatic carbocycles. The molecule has 0 amide bonds. The minimum atomic E-state index is -3.81. The first-order valence-electron chi connectivity index (χ1n) is 4.75. The number of nitrogens with one attached hydrogen (secondary N) is 1. The van der Waals surface area contributed by atoms with Gasteiger partial charge in [0.05, 0.1) is 9.82 Å². The molecule has 8 heteroatoms. The van der Waals surface area contributed by atoms with E-state index in [0.29, 0.717) is 0 Å². The van der Waals surface area contributed by atoms with Crippen molar-refractivity contribution >= 4 is 27.3 Å². The zero-order valence-corrected chi connectivity index (χ0v) is 10.7. The first kappa shape index (κ1) is 14.4. The summed E-state index contributed by atoms with van der Waals surface area (Å²) in [5.74, 6) is 2.27. The molecule has 1 rings (SSSR count). The second-order valence-corrected chi connectivity index (χ2v) is 5.40. The molecule has 0 saturated carbocycles. The van der Waals surface area contributed by atoms with Crippen LogP contribution in [0, 0.1) is 22.5 Å². The van der Waals surface area contributed by atoms with Crippen molar-refractivity contribution in [2.24, 2.45) is 0 Å². The van der Waals surface area contributed by atoms with Crippen LogP contribution >= 0.6 is 11.6 Å². The summed E-state index contributed by atoms with van der Waals surface area (Å²) in [6.45, 7) is 0.0647. The van der Waals surface area contributed by atoms with E-state index in [-0.39, 0.29) is 22.9 Å². The van der Waals surface area contributed by atoms with Gasteiger partial charge < -0.3 is 0 Å². The first-order chi connectivity index (χ1) is 8.38. The lowest BCUT2D eigenvalue weighted by Gasteiger charge is -2.05. The molecule has 0 aliphatic rings. The average Bonchev–Trinajstić information content (AvgIpc) is 2.29. The fourth-order valence-electron chi connectivity index (χ4n) is 1.14. The summed E-state index contributed by atoms with van der Waals surface area (Å²) in [6.07, 6.45) is 5.22. The highest BCUT2D eigenvalue weighted by Gasteiger charge is 2.19. The number of terminal acetylenes is 1. The third kappa shape index (κ3) is 3.43. The van der Waals surface area contributed by atoms with Crippen LogP contribution in [-0.2, 0) is 10.0 Å². The predicted molar refractivity (Wildman–Crippen MR) is 66.7 cm³/mol. The normalized spacial score (nSPS) is 10.9. The van der Waals surface area contributed by atoms with Crippen LogP contribution in [0.3, 0.4) is 0 Å². The van der Waals surface area contributed by atoms with Crippen molar-refractivity contribution in [2.45, 2.75) is 11.3 Å². The van der Waals surface area contributed by atoms with E-state index in [2.05, 4.69) is 10.6 Å². The Balaban J connectivity index is 3.07. The average molecular weight is 289 g/mol. The second-order valence-electron chi connectivity index (χ2n) is 3.22. The van der Waals surface area contributed by atoms with Gasteiger partial charge in [0.15, 0.2) is 0 Å². The molecule has 0 fully saturated rings. The lowest BCUT2D eigenvalue weighted by atomic mass is 10.3. The number of hydrogen-bond donors (Lipinski definition) is 1. The number of sulfonamides is 1. The van der Waals surface area contributed by atoms with E-state index >= 15 is 0 Å². The molecule has 0 saturated heterocycles. The summed E-state index contributed by atoms with van der Waals surface area (Å²) in [5.41, 5.74) is -0.462. The van der Waals surface area contributed by atoms with Gasteiger partial charge >= 0.3 is 0 Å². The fourth-order valence-corrected chi connectivity index (χ4v) is 2.38. The van der Waals surface area contributed by atoms with E-state index in [4.69, 9.17) is 18.0 Å². The van der Waals surface area contributed by atoms with E-state index in [9.17, 15) is 18.5 Å². The Morgan fingerprint density at radius 1 is 1.50 bits per heavy atom. The smallest absolute Gasteiger partial charge is 0.258 e. The summed E-state index contributed by atoms with van der Waals surface area (Å²) in [5, 5.41) is 10.5. The molecule has 18 heavy (non-hydrogen) atoms. The number of nitrogens with zero attached hydrogens (tertiary/aromatic N) is 1. The minimum absolute atomic E-state index is 0.0647. The maximum atomic E-state index is 11.7.